The molecule has 2 aliphatic heterocycles. The SMILES string of the molecule is CCn1nccc1C(=O)NCc1nnn2c1COC1(CCN(C(=O)c3cncn3C)C1)C2. The summed E-state index contributed by atoms with van der Waals surface area (Å²) in [6.45, 7) is 4.75. The molecule has 0 aromatic carbocycles. The fourth-order valence-corrected chi connectivity index (χ4v) is 4.35. The predicted molar refractivity (Wildman–Crippen MR) is 110 cm³/mol. The van der Waals surface area contributed by atoms with Crippen molar-refractivity contribution in [1.82, 2.24) is 44.5 Å². The summed E-state index contributed by atoms with van der Waals surface area (Å²) in [4.78, 5) is 31.1. The zero-order valence-electron chi connectivity index (χ0n) is 18.1. The van der Waals surface area contributed by atoms with Crippen molar-refractivity contribution < 1.29 is 14.3 Å². The summed E-state index contributed by atoms with van der Waals surface area (Å²) in [5.74, 6) is -0.260. The maximum Gasteiger partial charge on any atom is 0.272 e. The summed E-state index contributed by atoms with van der Waals surface area (Å²) in [5.41, 5.74) is 2.10. The normalized spacial score (nSPS) is 20.0. The largest absolute Gasteiger partial charge is 0.365 e. The van der Waals surface area contributed by atoms with Gasteiger partial charge in [-0.15, -0.1) is 5.10 Å². The first-order chi connectivity index (χ1) is 15.5. The van der Waals surface area contributed by atoms with E-state index in [4.69, 9.17) is 4.74 Å². The first-order valence-corrected chi connectivity index (χ1v) is 10.6. The molecule has 2 aliphatic rings. The lowest BCUT2D eigenvalue weighted by molar-refractivity contribution is -0.0828. The fourth-order valence-electron chi connectivity index (χ4n) is 4.35. The van der Waals surface area contributed by atoms with Gasteiger partial charge in [-0.1, -0.05) is 5.21 Å². The van der Waals surface area contributed by atoms with Gasteiger partial charge in [0, 0.05) is 26.3 Å². The quantitative estimate of drug-likeness (QED) is 0.592. The lowest BCUT2D eigenvalue weighted by atomic mass is 10.0. The summed E-state index contributed by atoms with van der Waals surface area (Å²) < 4.78 is 11.4. The number of nitrogens with zero attached hydrogens (tertiary/aromatic N) is 8. The third-order valence-corrected chi connectivity index (χ3v) is 6.18. The maximum atomic E-state index is 12.8. The predicted octanol–water partition coefficient (Wildman–Crippen LogP) is -0.0269. The molecule has 5 heterocycles. The monoisotopic (exact) mass is 439 g/mol. The minimum atomic E-state index is -0.483. The fraction of sp³-hybridized carbons (Fsp3) is 0.500. The number of amides is 2. The van der Waals surface area contributed by atoms with Crippen LogP contribution < -0.4 is 5.32 Å². The van der Waals surface area contributed by atoms with Gasteiger partial charge in [0.25, 0.3) is 11.8 Å². The Bertz CT molecular complexity index is 1160. The molecule has 1 fully saturated rings. The molecule has 0 bridgehead atoms. The van der Waals surface area contributed by atoms with Gasteiger partial charge < -0.3 is 19.5 Å². The highest BCUT2D eigenvalue weighted by atomic mass is 16.5. The molecule has 0 radical (unpaired) electrons. The molecule has 0 aliphatic carbocycles. The second-order valence-corrected chi connectivity index (χ2v) is 8.19. The smallest absolute Gasteiger partial charge is 0.272 e. The Morgan fingerprint density at radius 1 is 1.28 bits per heavy atom. The molecule has 2 amide bonds. The number of hydrogen-bond acceptors (Lipinski definition) is 7. The van der Waals surface area contributed by atoms with Gasteiger partial charge in [0.1, 0.15) is 22.7 Å². The van der Waals surface area contributed by atoms with E-state index >= 15 is 0 Å². The zero-order chi connectivity index (χ0) is 22.3. The maximum absolute atomic E-state index is 12.8. The average Bonchev–Trinajstić information content (AvgIpc) is 3.58. The highest BCUT2D eigenvalue weighted by molar-refractivity contribution is 5.93. The Morgan fingerprint density at radius 2 is 2.16 bits per heavy atom. The van der Waals surface area contributed by atoms with E-state index in [0.29, 0.717) is 49.9 Å². The molecule has 1 N–H and O–H groups in total. The standard InChI is InChI=1S/C20H25N9O3/c1-3-28-15(4-6-23-28)18(30)22-8-14-17-10-32-20(12-29(17)25-24-14)5-7-27(11-20)19(31)16-9-21-13-26(16)2/h4,6,9,13H,3,5,7-8,10-12H2,1-2H3,(H,22,30). The van der Waals surface area contributed by atoms with Gasteiger partial charge in [-0.25, -0.2) is 9.67 Å². The van der Waals surface area contributed by atoms with Gasteiger partial charge in [0.05, 0.1) is 44.5 Å². The summed E-state index contributed by atoms with van der Waals surface area (Å²) in [7, 11) is 1.81. The molecule has 12 nitrogen and oxygen atoms in total. The van der Waals surface area contributed by atoms with Crippen LogP contribution >= 0.6 is 0 Å². The number of aryl methyl sites for hydroxylation is 2. The van der Waals surface area contributed by atoms with E-state index in [1.165, 1.54) is 0 Å². The molecule has 32 heavy (non-hydrogen) atoms. The third kappa shape index (κ3) is 3.45. The van der Waals surface area contributed by atoms with Crippen LogP contribution in [0.3, 0.4) is 0 Å². The van der Waals surface area contributed by atoms with Gasteiger partial charge in [-0.2, -0.15) is 5.10 Å². The van der Waals surface area contributed by atoms with Gasteiger partial charge in [-0.3, -0.25) is 14.3 Å². The second kappa shape index (κ2) is 7.86. The number of carbonyl (C=O) groups excluding carboxylic acids is 2. The molecule has 0 saturated carbocycles. The third-order valence-electron chi connectivity index (χ3n) is 6.18. The number of rotatable bonds is 5. The molecule has 5 rings (SSSR count). The van der Waals surface area contributed by atoms with Crippen LogP contribution in [0, 0.1) is 0 Å². The number of imidazole rings is 1. The van der Waals surface area contributed by atoms with Crippen molar-refractivity contribution in [2.24, 2.45) is 7.05 Å². The second-order valence-electron chi connectivity index (χ2n) is 8.19. The van der Waals surface area contributed by atoms with E-state index in [0.717, 1.165) is 12.1 Å². The van der Waals surface area contributed by atoms with E-state index in [-0.39, 0.29) is 18.4 Å². The van der Waals surface area contributed by atoms with Crippen molar-refractivity contribution in [3.05, 3.63) is 47.6 Å². The number of hydrogen-bond donors (Lipinski definition) is 1. The molecule has 1 unspecified atom stereocenters. The Labute approximate surface area is 184 Å². The van der Waals surface area contributed by atoms with Crippen molar-refractivity contribution in [3.8, 4) is 0 Å². The Morgan fingerprint density at radius 3 is 2.94 bits per heavy atom. The van der Waals surface area contributed by atoms with Gasteiger partial charge in [0.2, 0.25) is 0 Å². The molecular formula is C20H25N9O3. The molecular weight excluding hydrogens is 414 g/mol. The number of carbonyl (C=O) groups is 2. The highest BCUT2D eigenvalue weighted by Gasteiger charge is 2.45. The van der Waals surface area contributed by atoms with Crippen LogP contribution in [0.5, 0.6) is 0 Å². The minimum absolute atomic E-state index is 0.0513. The topological polar surface area (TPSA) is 125 Å². The molecule has 1 spiro atoms. The van der Waals surface area contributed by atoms with Crippen LogP contribution in [0.15, 0.2) is 24.8 Å². The Kier molecular flexibility index (Phi) is 5.00. The van der Waals surface area contributed by atoms with Crippen LogP contribution in [0.1, 0.15) is 45.7 Å². The summed E-state index contributed by atoms with van der Waals surface area (Å²) in [6, 6.07) is 1.69. The average molecular weight is 439 g/mol. The summed E-state index contributed by atoms with van der Waals surface area (Å²) >= 11 is 0. The van der Waals surface area contributed by atoms with E-state index in [1.807, 2.05) is 11.6 Å². The number of aromatic nitrogens is 7. The van der Waals surface area contributed by atoms with E-state index in [2.05, 4.69) is 25.7 Å². The van der Waals surface area contributed by atoms with Gasteiger partial charge >= 0.3 is 0 Å². The number of likely N-dealkylation sites (tertiary alicyclic amines) is 1. The van der Waals surface area contributed by atoms with Gasteiger partial charge in [-0.05, 0) is 19.4 Å². The first kappa shape index (κ1) is 20.4. The summed E-state index contributed by atoms with van der Waals surface area (Å²) in [5, 5.41) is 15.5. The van der Waals surface area contributed by atoms with E-state index in [9.17, 15) is 9.59 Å². The first-order valence-electron chi connectivity index (χ1n) is 10.6. The molecule has 168 valence electrons. The number of ether oxygens (including phenoxy) is 1. The van der Waals surface area contributed by atoms with Crippen molar-refractivity contribution in [2.45, 2.75) is 45.2 Å². The molecule has 3 aromatic heterocycles. The highest BCUT2D eigenvalue weighted by Crippen LogP contribution is 2.33. The van der Waals surface area contributed by atoms with Gasteiger partial charge in [0.15, 0.2) is 0 Å². The summed E-state index contributed by atoms with van der Waals surface area (Å²) in [6.07, 6.45) is 5.53. The van der Waals surface area contributed by atoms with Crippen LogP contribution in [0.2, 0.25) is 0 Å². The van der Waals surface area contributed by atoms with E-state index < -0.39 is 5.60 Å². The lowest BCUT2D eigenvalue weighted by Gasteiger charge is -2.33. The number of nitrogens with one attached hydrogen (secondary N) is 1. The Balaban J connectivity index is 1.24. The van der Waals surface area contributed by atoms with Crippen molar-refractivity contribution in [3.63, 3.8) is 0 Å². The zero-order valence-corrected chi connectivity index (χ0v) is 18.1. The van der Waals surface area contributed by atoms with Crippen LogP contribution in [0.25, 0.3) is 0 Å². The van der Waals surface area contributed by atoms with Crippen LogP contribution in [-0.2, 0) is 38.0 Å². The van der Waals surface area contributed by atoms with Crippen molar-refractivity contribution in [2.75, 3.05) is 13.1 Å². The molecule has 12 heteroatoms. The lowest BCUT2D eigenvalue weighted by Crippen LogP contribution is -2.45. The van der Waals surface area contributed by atoms with E-state index in [1.54, 1.807) is 46.0 Å². The minimum Gasteiger partial charge on any atom is -0.365 e. The molecule has 1 saturated heterocycles. The van der Waals surface area contributed by atoms with Crippen molar-refractivity contribution >= 4 is 11.8 Å². The number of fused-ring (bicyclic) bond motifs is 1. The molecule has 3 aromatic rings. The van der Waals surface area contributed by atoms with Crippen molar-refractivity contribution in [1.29, 1.82) is 0 Å². The van der Waals surface area contributed by atoms with Crippen LogP contribution in [-0.4, -0.2) is 69.7 Å². The Hall–Kier alpha value is -3.54. The molecule has 1 atom stereocenters. The van der Waals surface area contributed by atoms with Crippen LogP contribution in [0.4, 0.5) is 0 Å².